The molecule has 0 heterocycles. The lowest BCUT2D eigenvalue weighted by Crippen LogP contribution is -2.20. The first kappa shape index (κ1) is 27.3. The van der Waals surface area contributed by atoms with Gasteiger partial charge in [0, 0.05) is 34.5 Å². The summed E-state index contributed by atoms with van der Waals surface area (Å²) in [6.07, 6.45) is 4.62. The Bertz CT molecular complexity index is 113. The van der Waals surface area contributed by atoms with Crippen molar-refractivity contribution in [2.24, 2.45) is 0 Å². The Labute approximate surface area is 123 Å². The van der Waals surface area contributed by atoms with E-state index in [1.807, 2.05) is 0 Å². The van der Waals surface area contributed by atoms with Gasteiger partial charge in [-0.15, -0.1) is 0 Å². The molecular formula is C16H40O3. The van der Waals surface area contributed by atoms with Crippen molar-refractivity contribution in [3.8, 4) is 0 Å². The fourth-order valence-electron chi connectivity index (χ4n) is 0.637. The van der Waals surface area contributed by atoms with E-state index in [0.29, 0.717) is 0 Å². The molecule has 3 heteroatoms. The van der Waals surface area contributed by atoms with Gasteiger partial charge in [0.05, 0.1) is 5.60 Å². The number of unbranched alkanes of at least 4 members (excludes halogenated alkanes) is 1. The first-order valence-corrected chi connectivity index (χ1v) is 6.98. The number of methoxy groups -OCH3 is 3. The lowest BCUT2D eigenvalue weighted by molar-refractivity contribution is 0.0196. The van der Waals surface area contributed by atoms with Gasteiger partial charge < -0.3 is 14.2 Å². The SMILES string of the molecule is C.CCC(C)(C)OC.CCCCOC.CCCOC. The summed E-state index contributed by atoms with van der Waals surface area (Å²) in [7, 11) is 5.18. The Balaban J connectivity index is -0.0000000878. The minimum absolute atomic E-state index is 0. The van der Waals surface area contributed by atoms with Crippen LogP contribution in [0.2, 0.25) is 0 Å². The summed E-state index contributed by atoms with van der Waals surface area (Å²) in [6, 6.07) is 0. The van der Waals surface area contributed by atoms with E-state index in [4.69, 9.17) is 14.2 Å². The molecule has 0 N–H and O–H groups in total. The van der Waals surface area contributed by atoms with Crippen LogP contribution in [0.15, 0.2) is 0 Å². The second-order valence-corrected chi connectivity index (χ2v) is 4.66. The average Bonchev–Trinajstić information content (AvgIpc) is 2.39. The molecule has 122 valence electrons. The highest BCUT2D eigenvalue weighted by atomic mass is 16.5. The summed E-state index contributed by atoms with van der Waals surface area (Å²) in [5.74, 6) is 0. The van der Waals surface area contributed by atoms with Crippen molar-refractivity contribution in [2.45, 2.75) is 73.3 Å². The Hall–Kier alpha value is -0.120. The largest absolute Gasteiger partial charge is 0.385 e. The van der Waals surface area contributed by atoms with E-state index >= 15 is 0 Å². The fraction of sp³-hybridized carbons (Fsp3) is 1.00. The van der Waals surface area contributed by atoms with Crippen LogP contribution in [0.4, 0.5) is 0 Å². The zero-order chi connectivity index (χ0) is 14.9. The van der Waals surface area contributed by atoms with E-state index in [2.05, 4.69) is 34.6 Å². The van der Waals surface area contributed by atoms with Gasteiger partial charge in [0.1, 0.15) is 0 Å². The van der Waals surface area contributed by atoms with E-state index < -0.39 is 0 Å². The maximum atomic E-state index is 5.09. The monoisotopic (exact) mass is 280 g/mol. The number of hydrogen-bond acceptors (Lipinski definition) is 3. The van der Waals surface area contributed by atoms with Crippen LogP contribution < -0.4 is 0 Å². The molecule has 19 heavy (non-hydrogen) atoms. The zero-order valence-electron chi connectivity index (χ0n) is 14.0. The first-order valence-electron chi connectivity index (χ1n) is 6.98. The van der Waals surface area contributed by atoms with Gasteiger partial charge in [0.25, 0.3) is 0 Å². The van der Waals surface area contributed by atoms with Gasteiger partial charge in [-0.25, -0.2) is 0 Å². The predicted octanol–water partition coefficient (Wildman–Crippen LogP) is 4.93. The molecule has 0 aromatic rings. The molecule has 0 spiro atoms. The van der Waals surface area contributed by atoms with Gasteiger partial charge in [-0.2, -0.15) is 0 Å². The van der Waals surface area contributed by atoms with Gasteiger partial charge >= 0.3 is 0 Å². The highest BCUT2D eigenvalue weighted by molar-refractivity contribution is 4.62. The second-order valence-electron chi connectivity index (χ2n) is 4.66. The zero-order valence-corrected chi connectivity index (χ0v) is 14.0. The Morgan fingerprint density at radius 1 is 0.789 bits per heavy atom. The Morgan fingerprint density at radius 2 is 1.26 bits per heavy atom. The van der Waals surface area contributed by atoms with Gasteiger partial charge in [-0.1, -0.05) is 34.6 Å². The van der Waals surface area contributed by atoms with Crippen LogP contribution in [0.25, 0.3) is 0 Å². The van der Waals surface area contributed by atoms with Crippen LogP contribution in [-0.2, 0) is 14.2 Å². The second kappa shape index (κ2) is 23.0. The molecule has 0 fully saturated rings. The molecular weight excluding hydrogens is 240 g/mol. The molecule has 0 rings (SSSR count). The Morgan fingerprint density at radius 3 is 1.32 bits per heavy atom. The summed E-state index contributed by atoms with van der Waals surface area (Å²) in [5.41, 5.74) is 0.0833. The fourth-order valence-corrected chi connectivity index (χ4v) is 0.637. The van der Waals surface area contributed by atoms with E-state index in [-0.39, 0.29) is 13.0 Å². The highest BCUT2D eigenvalue weighted by Crippen LogP contribution is 2.10. The summed E-state index contributed by atoms with van der Waals surface area (Å²) in [4.78, 5) is 0. The average molecular weight is 280 g/mol. The van der Waals surface area contributed by atoms with Crippen LogP contribution in [-0.4, -0.2) is 40.1 Å². The number of rotatable bonds is 7. The van der Waals surface area contributed by atoms with Crippen LogP contribution in [0.1, 0.15) is 67.7 Å². The maximum Gasteiger partial charge on any atom is 0.0620 e. The van der Waals surface area contributed by atoms with E-state index in [9.17, 15) is 0 Å². The molecule has 0 saturated carbocycles. The normalized spacial score (nSPS) is 9.47. The van der Waals surface area contributed by atoms with Crippen molar-refractivity contribution in [3.63, 3.8) is 0 Å². The first-order chi connectivity index (χ1) is 8.45. The van der Waals surface area contributed by atoms with E-state index in [1.54, 1.807) is 21.3 Å². The quantitative estimate of drug-likeness (QED) is 0.619. The molecule has 0 radical (unpaired) electrons. The minimum Gasteiger partial charge on any atom is -0.385 e. The van der Waals surface area contributed by atoms with Gasteiger partial charge in [-0.05, 0) is 33.1 Å². The molecule has 0 saturated heterocycles. The molecule has 0 aliphatic heterocycles. The topological polar surface area (TPSA) is 27.7 Å². The summed E-state index contributed by atoms with van der Waals surface area (Å²) < 4.78 is 14.6. The molecule has 0 bridgehead atoms. The summed E-state index contributed by atoms with van der Waals surface area (Å²) >= 11 is 0. The third-order valence-electron chi connectivity index (χ3n) is 2.51. The molecule has 0 aliphatic rings. The maximum absolute atomic E-state index is 5.09. The molecule has 3 nitrogen and oxygen atoms in total. The van der Waals surface area contributed by atoms with Gasteiger partial charge in [-0.3, -0.25) is 0 Å². The molecule has 0 unspecified atom stereocenters. The van der Waals surface area contributed by atoms with Crippen LogP contribution in [0.5, 0.6) is 0 Å². The van der Waals surface area contributed by atoms with E-state index in [1.165, 1.54) is 12.8 Å². The Kier molecular flexibility index (Phi) is 33.0. The van der Waals surface area contributed by atoms with E-state index in [0.717, 1.165) is 26.1 Å². The minimum atomic E-state index is 0. The van der Waals surface area contributed by atoms with Crippen molar-refractivity contribution < 1.29 is 14.2 Å². The molecule has 0 aromatic heterocycles. The smallest absolute Gasteiger partial charge is 0.0620 e. The number of hydrogen-bond donors (Lipinski definition) is 0. The third kappa shape index (κ3) is 38.1. The van der Waals surface area contributed by atoms with Crippen molar-refractivity contribution in [1.29, 1.82) is 0 Å². The molecule has 0 atom stereocenters. The molecule has 0 aliphatic carbocycles. The van der Waals surface area contributed by atoms with Gasteiger partial charge in [0.15, 0.2) is 0 Å². The summed E-state index contributed by atoms with van der Waals surface area (Å²) in [6.45, 7) is 12.3. The number of ether oxygens (including phenoxy) is 3. The molecule has 0 aromatic carbocycles. The van der Waals surface area contributed by atoms with Crippen LogP contribution in [0, 0.1) is 0 Å². The lowest BCUT2D eigenvalue weighted by Gasteiger charge is -2.19. The van der Waals surface area contributed by atoms with Crippen LogP contribution >= 0.6 is 0 Å². The highest BCUT2D eigenvalue weighted by Gasteiger charge is 2.10. The lowest BCUT2D eigenvalue weighted by atomic mass is 10.1. The predicted molar refractivity (Wildman–Crippen MR) is 87.1 cm³/mol. The van der Waals surface area contributed by atoms with Crippen molar-refractivity contribution >= 4 is 0 Å². The van der Waals surface area contributed by atoms with Crippen molar-refractivity contribution in [1.82, 2.24) is 0 Å². The van der Waals surface area contributed by atoms with Gasteiger partial charge in [0.2, 0.25) is 0 Å². The third-order valence-corrected chi connectivity index (χ3v) is 2.51. The summed E-state index contributed by atoms with van der Waals surface area (Å²) in [5, 5.41) is 0. The van der Waals surface area contributed by atoms with Crippen LogP contribution in [0.3, 0.4) is 0 Å². The van der Waals surface area contributed by atoms with Crippen molar-refractivity contribution in [2.75, 3.05) is 34.5 Å². The standard InChI is InChI=1S/C6H14O.C5H12O.C4H10O.CH4/c1-5-6(2,3)7-4;1-3-4-5-6-2;1-3-4-5-2;/h5H2,1-4H3;3-5H2,1-2H3;3-4H2,1-2H3;1H4. The molecule has 0 amide bonds. The van der Waals surface area contributed by atoms with Crippen molar-refractivity contribution in [3.05, 3.63) is 0 Å².